The fourth-order valence-corrected chi connectivity index (χ4v) is 3.35. The highest BCUT2D eigenvalue weighted by molar-refractivity contribution is 5.72. The van der Waals surface area contributed by atoms with E-state index in [1.165, 1.54) is 0 Å². The second-order valence-corrected chi connectivity index (χ2v) is 6.45. The van der Waals surface area contributed by atoms with Crippen LogP contribution in [0.4, 0.5) is 16.3 Å². The van der Waals surface area contributed by atoms with Crippen LogP contribution in [0.3, 0.4) is 0 Å². The van der Waals surface area contributed by atoms with Crippen molar-refractivity contribution in [2.24, 2.45) is 17.3 Å². The van der Waals surface area contributed by atoms with Gasteiger partial charge in [-0.2, -0.15) is 0 Å². The quantitative estimate of drug-likeness (QED) is 0.449. The number of pyridine rings is 1. The number of hydrogen-bond acceptors (Lipinski definition) is 6. The molecule has 2 amide bonds. The Kier molecular flexibility index (Phi) is 6.44. The standard InChI is InChI=1S/C17H31N7O/c1-4-14-13(10-18)15(11(3)16(22-14)24(20)5-2)21-12-6-8-23(9-7-12)17(19)25/h12H,4-10,18,20H2,1-3H3,(H2,19,25)(H,21,22). The molecule has 0 saturated carbocycles. The Morgan fingerprint density at radius 1 is 1.36 bits per heavy atom. The first-order valence-electron chi connectivity index (χ1n) is 8.98. The third-order valence-electron chi connectivity index (χ3n) is 4.91. The summed E-state index contributed by atoms with van der Waals surface area (Å²) >= 11 is 0. The Labute approximate surface area is 149 Å². The maximum absolute atomic E-state index is 11.3. The zero-order valence-electron chi connectivity index (χ0n) is 15.5. The van der Waals surface area contributed by atoms with Gasteiger partial charge in [0, 0.05) is 54.7 Å². The summed E-state index contributed by atoms with van der Waals surface area (Å²) in [7, 11) is 0. The average Bonchev–Trinajstić information content (AvgIpc) is 2.62. The number of aryl methyl sites for hydroxylation is 1. The zero-order chi connectivity index (χ0) is 18.6. The predicted molar refractivity (Wildman–Crippen MR) is 101 cm³/mol. The number of piperidine rings is 1. The first-order valence-corrected chi connectivity index (χ1v) is 8.98. The van der Waals surface area contributed by atoms with Crippen molar-refractivity contribution < 1.29 is 4.79 Å². The summed E-state index contributed by atoms with van der Waals surface area (Å²) in [5, 5.41) is 5.30. The lowest BCUT2D eigenvalue weighted by molar-refractivity contribution is 0.193. The Bertz CT molecular complexity index is 612. The minimum Gasteiger partial charge on any atom is -0.382 e. The van der Waals surface area contributed by atoms with Crippen molar-refractivity contribution in [3.63, 3.8) is 0 Å². The van der Waals surface area contributed by atoms with E-state index >= 15 is 0 Å². The van der Waals surface area contributed by atoms with Gasteiger partial charge in [0.05, 0.1) is 0 Å². The minimum atomic E-state index is -0.349. The number of hydrogen-bond donors (Lipinski definition) is 4. The maximum atomic E-state index is 11.3. The molecule has 0 spiro atoms. The van der Waals surface area contributed by atoms with Crippen LogP contribution >= 0.6 is 0 Å². The number of nitrogens with zero attached hydrogens (tertiary/aromatic N) is 3. The van der Waals surface area contributed by atoms with Crippen molar-refractivity contribution >= 4 is 17.5 Å². The van der Waals surface area contributed by atoms with Gasteiger partial charge in [0.1, 0.15) is 5.82 Å². The number of amides is 2. The van der Waals surface area contributed by atoms with Gasteiger partial charge in [0.15, 0.2) is 0 Å². The van der Waals surface area contributed by atoms with E-state index in [1.54, 1.807) is 9.91 Å². The number of nitrogens with one attached hydrogen (secondary N) is 1. The van der Waals surface area contributed by atoms with Gasteiger partial charge in [-0.1, -0.05) is 6.92 Å². The van der Waals surface area contributed by atoms with Gasteiger partial charge in [-0.15, -0.1) is 0 Å². The fraction of sp³-hybridized carbons (Fsp3) is 0.647. The summed E-state index contributed by atoms with van der Waals surface area (Å²) in [4.78, 5) is 17.7. The molecule has 7 N–H and O–H groups in total. The van der Waals surface area contributed by atoms with Gasteiger partial charge >= 0.3 is 6.03 Å². The minimum absolute atomic E-state index is 0.271. The molecule has 1 aromatic heterocycles. The van der Waals surface area contributed by atoms with E-state index in [1.807, 2.05) is 13.8 Å². The Hall–Kier alpha value is -2.06. The number of primary amides is 1. The highest BCUT2D eigenvalue weighted by Crippen LogP contribution is 2.31. The number of nitrogens with two attached hydrogens (primary N) is 3. The van der Waals surface area contributed by atoms with Crippen LogP contribution < -0.4 is 27.6 Å². The van der Waals surface area contributed by atoms with Crippen LogP contribution in [0.25, 0.3) is 0 Å². The summed E-state index contributed by atoms with van der Waals surface area (Å²) < 4.78 is 0. The van der Waals surface area contributed by atoms with Crippen LogP contribution in [0.2, 0.25) is 0 Å². The molecule has 25 heavy (non-hydrogen) atoms. The summed E-state index contributed by atoms with van der Waals surface area (Å²) in [6.07, 6.45) is 2.50. The number of aromatic nitrogens is 1. The van der Waals surface area contributed by atoms with Crippen LogP contribution in [0.5, 0.6) is 0 Å². The molecule has 1 aliphatic heterocycles. The highest BCUT2D eigenvalue weighted by Gasteiger charge is 2.24. The summed E-state index contributed by atoms with van der Waals surface area (Å²) in [6.45, 7) is 8.53. The third-order valence-corrected chi connectivity index (χ3v) is 4.91. The van der Waals surface area contributed by atoms with Crippen molar-refractivity contribution in [1.29, 1.82) is 0 Å². The number of anilines is 2. The van der Waals surface area contributed by atoms with E-state index in [2.05, 4.69) is 12.2 Å². The number of urea groups is 1. The maximum Gasteiger partial charge on any atom is 0.314 e. The third kappa shape index (κ3) is 4.13. The Morgan fingerprint density at radius 3 is 2.48 bits per heavy atom. The lowest BCUT2D eigenvalue weighted by Crippen LogP contribution is -2.45. The van der Waals surface area contributed by atoms with Crippen molar-refractivity contribution in [1.82, 2.24) is 9.88 Å². The number of likely N-dealkylation sites (tertiary alicyclic amines) is 1. The largest absolute Gasteiger partial charge is 0.382 e. The van der Waals surface area contributed by atoms with Crippen molar-refractivity contribution in [2.45, 2.75) is 52.6 Å². The van der Waals surface area contributed by atoms with E-state index in [0.29, 0.717) is 26.2 Å². The topological polar surface area (TPSA) is 127 Å². The Morgan fingerprint density at radius 2 is 2.00 bits per heavy atom. The van der Waals surface area contributed by atoms with Gasteiger partial charge in [-0.05, 0) is 33.1 Å². The zero-order valence-corrected chi connectivity index (χ0v) is 15.5. The first kappa shape index (κ1) is 19.3. The first-order chi connectivity index (χ1) is 11.9. The number of carbonyl (C=O) groups is 1. The van der Waals surface area contributed by atoms with Crippen LogP contribution in [0, 0.1) is 6.92 Å². The molecule has 1 saturated heterocycles. The van der Waals surface area contributed by atoms with Crippen LogP contribution in [0.15, 0.2) is 0 Å². The average molecular weight is 349 g/mol. The lowest BCUT2D eigenvalue weighted by atomic mass is 10.0. The fourth-order valence-electron chi connectivity index (χ4n) is 3.35. The molecular formula is C17H31N7O. The lowest BCUT2D eigenvalue weighted by Gasteiger charge is -2.33. The molecule has 140 valence electrons. The second kappa shape index (κ2) is 8.35. The molecular weight excluding hydrogens is 318 g/mol. The molecule has 2 rings (SSSR count). The van der Waals surface area contributed by atoms with Gasteiger partial charge in [0.25, 0.3) is 0 Å². The van der Waals surface area contributed by atoms with Crippen molar-refractivity contribution in [3.05, 3.63) is 16.8 Å². The van der Waals surface area contributed by atoms with E-state index in [-0.39, 0.29) is 12.1 Å². The second-order valence-electron chi connectivity index (χ2n) is 6.45. The molecule has 0 unspecified atom stereocenters. The molecule has 1 aromatic rings. The van der Waals surface area contributed by atoms with Gasteiger partial charge in [-0.3, -0.25) is 5.01 Å². The van der Waals surface area contributed by atoms with Gasteiger partial charge in [0.2, 0.25) is 0 Å². The molecule has 0 radical (unpaired) electrons. The molecule has 0 bridgehead atoms. The number of rotatable bonds is 6. The number of carbonyl (C=O) groups excluding carboxylic acids is 1. The summed E-state index contributed by atoms with van der Waals surface area (Å²) in [5.41, 5.74) is 15.5. The summed E-state index contributed by atoms with van der Waals surface area (Å²) in [5.74, 6) is 6.90. The molecule has 1 fully saturated rings. The van der Waals surface area contributed by atoms with Crippen molar-refractivity contribution in [3.8, 4) is 0 Å². The normalized spacial score (nSPS) is 15.3. The Balaban J connectivity index is 2.30. The molecule has 2 heterocycles. The molecule has 8 heteroatoms. The molecule has 0 aliphatic carbocycles. The smallest absolute Gasteiger partial charge is 0.314 e. The highest BCUT2D eigenvalue weighted by atomic mass is 16.2. The SMILES string of the molecule is CCc1nc(N(N)CC)c(C)c(NC2CCN(C(N)=O)CC2)c1CN. The van der Waals surface area contributed by atoms with Crippen molar-refractivity contribution in [2.75, 3.05) is 30.0 Å². The van der Waals surface area contributed by atoms with Crippen LogP contribution in [-0.4, -0.2) is 41.6 Å². The van der Waals surface area contributed by atoms with Crippen LogP contribution in [-0.2, 0) is 13.0 Å². The number of hydrazine groups is 1. The van der Waals surface area contributed by atoms with E-state index in [0.717, 1.165) is 47.6 Å². The van der Waals surface area contributed by atoms with E-state index < -0.39 is 0 Å². The van der Waals surface area contributed by atoms with Crippen LogP contribution in [0.1, 0.15) is 43.5 Å². The monoisotopic (exact) mass is 349 g/mol. The van der Waals surface area contributed by atoms with E-state index in [9.17, 15) is 4.79 Å². The predicted octanol–water partition coefficient (Wildman–Crippen LogP) is 1.07. The van der Waals surface area contributed by atoms with Gasteiger partial charge in [-0.25, -0.2) is 15.6 Å². The molecule has 8 nitrogen and oxygen atoms in total. The molecule has 1 aliphatic rings. The van der Waals surface area contributed by atoms with Gasteiger partial charge < -0.3 is 21.7 Å². The summed E-state index contributed by atoms with van der Waals surface area (Å²) in [6, 6.07) is -0.0779. The molecule has 0 atom stereocenters. The molecule has 0 aromatic carbocycles. The van der Waals surface area contributed by atoms with E-state index in [4.69, 9.17) is 22.3 Å².